The van der Waals surface area contributed by atoms with Crippen molar-refractivity contribution in [2.24, 2.45) is 10.1 Å². The van der Waals surface area contributed by atoms with Crippen LogP contribution >= 0.6 is 33.9 Å². The van der Waals surface area contributed by atoms with Gasteiger partial charge in [-0.1, -0.05) is 23.5 Å². The number of carbonyl (C=O) groups excluding carboxylic acids is 1. The number of rotatable bonds is 6. The number of primary sulfonamides is 1. The number of nitrogens with two attached hydrogens (primary N) is 1. The number of hydrogen-bond acceptors (Lipinski definition) is 5. The van der Waals surface area contributed by atoms with Crippen LogP contribution in [-0.2, 0) is 21.3 Å². The summed E-state index contributed by atoms with van der Waals surface area (Å²) >= 11 is 3.34. The molecule has 0 saturated heterocycles. The number of amides is 1. The second-order valence-corrected chi connectivity index (χ2v) is 9.54. The van der Waals surface area contributed by atoms with Crippen LogP contribution in [0, 0.1) is 3.57 Å². The van der Waals surface area contributed by atoms with E-state index < -0.39 is 10.0 Å². The van der Waals surface area contributed by atoms with Gasteiger partial charge in [0.05, 0.1) is 27.3 Å². The van der Waals surface area contributed by atoms with Crippen molar-refractivity contribution in [3.63, 3.8) is 0 Å². The van der Waals surface area contributed by atoms with Crippen LogP contribution < -0.4 is 9.94 Å². The fourth-order valence-electron chi connectivity index (χ4n) is 2.61. The highest BCUT2D eigenvalue weighted by Crippen LogP contribution is 2.21. The molecule has 10 heteroatoms. The predicted octanol–water partition coefficient (Wildman–Crippen LogP) is 2.73. The molecule has 0 unspecified atom stereocenters. The summed E-state index contributed by atoms with van der Waals surface area (Å²) in [5.74, 6) is -0.353. The second-order valence-electron chi connectivity index (χ2n) is 5.80. The fraction of sp³-hybridized carbons (Fsp3) is 0.222. The molecular weight excluding hydrogens is 513 g/mol. The lowest BCUT2D eigenvalue weighted by Gasteiger charge is -2.06. The summed E-state index contributed by atoms with van der Waals surface area (Å²) in [6.07, 6.45) is 0. The first-order valence-electron chi connectivity index (χ1n) is 8.39. The highest BCUT2D eigenvalue weighted by atomic mass is 127. The van der Waals surface area contributed by atoms with Crippen LogP contribution in [-0.4, -0.2) is 32.1 Å². The number of benzene rings is 2. The van der Waals surface area contributed by atoms with Gasteiger partial charge in [0.15, 0.2) is 4.80 Å². The molecule has 148 valence electrons. The van der Waals surface area contributed by atoms with E-state index in [0.29, 0.717) is 34.8 Å². The first kappa shape index (κ1) is 21.1. The summed E-state index contributed by atoms with van der Waals surface area (Å²) in [6.45, 7) is 3.41. The van der Waals surface area contributed by atoms with E-state index in [2.05, 4.69) is 27.6 Å². The molecule has 0 atom stereocenters. The van der Waals surface area contributed by atoms with Gasteiger partial charge in [0.1, 0.15) is 0 Å². The second kappa shape index (κ2) is 8.82. The maximum absolute atomic E-state index is 12.7. The lowest BCUT2D eigenvalue weighted by atomic mass is 10.2. The Balaban J connectivity index is 2.14. The molecule has 28 heavy (non-hydrogen) atoms. The number of sulfonamides is 1. The monoisotopic (exact) mass is 531 g/mol. The van der Waals surface area contributed by atoms with Crippen LogP contribution in [0.15, 0.2) is 52.4 Å². The number of carbonyl (C=O) groups is 1. The Morgan fingerprint density at radius 2 is 2.04 bits per heavy atom. The fourth-order valence-corrected chi connectivity index (χ4v) is 4.94. The van der Waals surface area contributed by atoms with Gasteiger partial charge < -0.3 is 9.30 Å². The molecule has 1 heterocycles. The lowest BCUT2D eigenvalue weighted by molar-refractivity contribution is 0.0996. The van der Waals surface area contributed by atoms with Crippen molar-refractivity contribution in [3.05, 3.63) is 56.4 Å². The van der Waals surface area contributed by atoms with Crippen LogP contribution in [0.25, 0.3) is 10.2 Å². The van der Waals surface area contributed by atoms with Crippen molar-refractivity contribution in [1.82, 2.24) is 4.57 Å². The molecule has 1 aromatic heterocycles. The van der Waals surface area contributed by atoms with Crippen molar-refractivity contribution in [1.29, 1.82) is 0 Å². The maximum Gasteiger partial charge on any atom is 0.280 e. The zero-order valence-corrected chi connectivity index (χ0v) is 18.8. The molecule has 0 spiro atoms. The number of thiazole rings is 1. The van der Waals surface area contributed by atoms with E-state index in [9.17, 15) is 13.2 Å². The minimum Gasteiger partial charge on any atom is -0.380 e. The van der Waals surface area contributed by atoms with E-state index in [1.807, 2.05) is 23.6 Å². The summed E-state index contributed by atoms with van der Waals surface area (Å²) in [6, 6.07) is 11.8. The normalized spacial score (nSPS) is 12.6. The van der Waals surface area contributed by atoms with Gasteiger partial charge in [0.25, 0.3) is 5.91 Å². The third kappa shape index (κ3) is 4.69. The van der Waals surface area contributed by atoms with E-state index in [4.69, 9.17) is 9.88 Å². The zero-order valence-electron chi connectivity index (χ0n) is 15.0. The van der Waals surface area contributed by atoms with Gasteiger partial charge in [0.2, 0.25) is 10.0 Å². The standard InChI is InChI=1S/C18H18IN3O4S2/c1-2-26-10-9-22-15-8-7-12(28(20,24)25)11-16(15)27-18(22)21-17(23)13-5-3-4-6-14(13)19/h3-8,11H,2,9-10H2,1H3,(H2,20,24,25). The van der Waals surface area contributed by atoms with Crippen LogP contribution in [0.2, 0.25) is 0 Å². The summed E-state index contributed by atoms with van der Waals surface area (Å²) in [5, 5.41) is 5.24. The van der Waals surface area contributed by atoms with Crippen molar-refractivity contribution in [2.45, 2.75) is 18.4 Å². The van der Waals surface area contributed by atoms with Gasteiger partial charge in [-0.25, -0.2) is 13.6 Å². The average Bonchev–Trinajstić information content (AvgIpc) is 2.98. The number of ether oxygens (including phenoxy) is 1. The Kier molecular flexibility index (Phi) is 6.65. The lowest BCUT2D eigenvalue weighted by Crippen LogP contribution is -2.20. The first-order valence-corrected chi connectivity index (χ1v) is 11.8. The molecule has 0 aliphatic heterocycles. The van der Waals surface area contributed by atoms with Gasteiger partial charge >= 0.3 is 0 Å². The molecule has 2 aromatic carbocycles. The summed E-state index contributed by atoms with van der Waals surface area (Å²) < 4.78 is 32.1. The quantitative estimate of drug-likeness (QED) is 0.390. The molecule has 1 amide bonds. The molecular formula is C18H18IN3O4S2. The molecule has 0 radical (unpaired) electrons. The number of nitrogens with zero attached hydrogens (tertiary/aromatic N) is 2. The van der Waals surface area contributed by atoms with E-state index in [1.54, 1.807) is 18.2 Å². The van der Waals surface area contributed by atoms with Crippen LogP contribution in [0.4, 0.5) is 0 Å². The molecule has 3 rings (SSSR count). The molecule has 0 bridgehead atoms. The van der Waals surface area contributed by atoms with Gasteiger partial charge in [-0.3, -0.25) is 4.79 Å². The van der Waals surface area contributed by atoms with Gasteiger partial charge in [0, 0.05) is 16.7 Å². The number of aromatic nitrogens is 1. The molecule has 0 aliphatic carbocycles. The molecule has 0 aliphatic rings. The molecule has 2 N–H and O–H groups in total. The van der Waals surface area contributed by atoms with Crippen LogP contribution in [0.5, 0.6) is 0 Å². The highest BCUT2D eigenvalue weighted by Gasteiger charge is 2.14. The molecule has 0 saturated carbocycles. The topological polar surface area (TPSA) is 104 Å². The predicted molar refractivity (Wildman–Crippen MR) is 117 cm³/mol. The third-order valence-corrected chi connectivity index (χ3v) is 6.84. The summed E-state index contributed by atoms with van der Waals surface area (Å²) in [5.41, 5.74) is 1.29. The SMILES string of the molecule is CCOCCn1c(=NC(=O)c2ccccc2I)sc2cc(S(N)(=O)=O)ccc21. The van der Waals surface area contributed by atoms with Crippen LogP contribution in [0.3, 0.4) is 0 Å². The Hall–Kier alpha value is -1.60. The Morgan fingerprint density at radius 1 is 1.29 bits per heavy atom. The molecule has 7 nitrogen and oxygen atoms in total. The van der Waals surface area contributed by atoms with Gasteiger partial charge in [-0.05, 0) is 59.8 Å². The first-order chi connectivity index (χ1) is 13.3. The van der Waals surface area contributed by atoms with Crippen molar-refractivity contribution in [3.8, 4) is 0 Å². The number of fused-ring (bicyclic) bond motifs is 1. The smallest absolute Gasteiger partial charge is 0.280 e. The molecule has 3 aromatic rings. The Bertz CT molecular complexity index is 1200. The van der Waals surface area contributed by atoms with Gasteiger partial charge in [-0.2, -0.15) is 4.99 Å². The number of halogens is 1. The van der Waals surface area contributed by atoms with Crippen molar-refractivity contribution >= 4 is 60.1 Å². The highest BCUT2D eigenvalue weighted by molar-refractivity contribution is 14.1. The van der Waals surface area contributed by atoms with Gasteiger partial charge in [-0.15, -0.1) is 0 Å². The van der Waals surface area contributed by atoms with Crippen LogP contribution in [0.1, 0.15) is 17.3 Å². The largest absolute Gasteiger partial charge is 0.380 e. The minimum absolute atomic E-state index is 0.0219. The summed E-state index contributed by atoms with van der Waals surface area (Å²) in [7, 11) is -3.82. The Morgan fingerprint density at radius 3 is 2.71 bits per heavy atom. The third-order valence-electron chi connectivity index (χ3n) is 3.95. The maximum atomic E-state index is 12.7. The molecule has 0 fully saturated rings. The van der Waals surface area contributed by atoms with Crippen molar-refractivity contribution < 1.29 is 17.9 Å². The summed E-state index contributed by atoms with van der Waals surface area (Å²) in [4.78, 5) is 17.5. The zero-order chi connectivity index (χ0) is 20.3. The number of hydrogen-bond donors (Lipinski definition) is 1. The average molecular weight is 531 g/mol. The van der Waals surface area contributed by atoms with E-state index >= 15 is 0 Å². The van der Waals surface area contributed by atoms with E-state index in [1.165, 1.54) is 23.5 Å². The Labute approximate surface area is 180 Å². The van der Waals surface area contributed by atoms with Crippen molar-refractivity contribution in [2.75, 3.05) is 13.2 Å². The van der Waals surface area contributed by atoms with E-state index in [0.717, 1.165) is 9.09 Å². The minimum atomic E-state index is -3.82. The van der Waals surface area contributed by atoms with E-state index in [-0.39, 0.29) is 10.8 Å².